The molecule has 0 fully saturated rings. The van der Waals surface area contributed by atoms with Crippen molar-refractivity contribution in [2.24, 2.45) is 0 Å². The molecule has 104 valence electrons. The number of aryl methyl sites for hydroxylation is 2. The van der Waals surface area contributed by atoms with Gasteiger partial charge in [-0.15, -0.1) is 0 Å². The van der Waals surface area contributed by atoms with E-state index in [9.17, 15) is 4.79 Å². The number of nitrogens with one attached hydrogen (secondary N) is 1. The summed E-state index contributed by atoms with van der Waals surface area (Å²) in [6, 6.07) is 11.4. The monoisotopic (exact) mass is 268 g/mol. The first kappa shape index (κ1) is 14.1. The molecule has 0 aromatic heterocycles. The number of amides is 1. The van der Waals surface area contributed by atoms with Gasteiger partial charge in [-0.25, -0.2) is 0 Å². The summed E-state index contributed by atoms with van der Waals surface area (Å²) < 4.78 is 0. The van der Waals surface area contributed by atoms with E-state index in [0.717, 1.165) is 28.8 Å². The standard InChI is InChI=1S/C17H20N2O/c1-4-13-8-9-14(10-16(13)18)19-17(20)15-7-5-6-11(2)12(15)3/h5-10H,4,18H2,1-3H3,(H,19,20). The van der Waals surface area contributed by atoms with Gasteiger partial charge in [0.1, 0.15) is 0 Å². The molecule has 0 atom stereocenters. The lowest BCUT2D eigenvalue weighted by atomic mass is 10.0. The Morgan fingerprint density at radius 2 is 1.95 bits per heavy atom. The lowest BCUT2D eigenvalue weighted by Gasteiger charge is -2.11. The van der Waals surface area contributed by atoms with E-state index in [-0.39, 0.29) is 5.91 Å². The zero-order chi connectivity index (χ0) is 14.7. The fraction of sp³-hybridized carbons (Fsp3) is 0.235. The van der Waals surface area contributed by atoms with Crippen molar-refractivity contribution in [3.05, 3.63) is 58.7 Å². The van der Waals surface area contributed by atoms with E-state index in [1.165, 1.54) is 0 Å². The Kier molecular flexibility index (Phi) is 4.08. The van der Waals surface area contributed by atoms with Crippen LogP contribution in [0.5, 0.6) is 0 Å². The van der Waals surface area contributed by atoms with Crippen LogP contribution >= 0.6 is 0 Å². The molecule has 0 bridgehead atoms. The van der Waals surface area contributed by atoms with Crippen LogP contribution in [-0.2, 0) is 6.42 Å². The van der Waals surface area contributed by atoms with Gasteiger partial charge in [0, 0.05) is 16.9 Å². The number of hydrogen-bond donors (Lipinski definition) is 2. The van der Waals surface area contributed by atoms with E-state index in [1.54, 1.807) is 0 Å². The molecule has 0 spiro atoms. The second-order valence-electron chi connectivity index (χ2n) is 4.97. The predicted octanol–water partition coefficient (Wildman–Crippen LogP) is 3.70. The van der Waals surface area contributed by atoms with E-state index in [0.29, 0.717) is 11.3 Å². The number of anilines is 2. The van der Waals surface area contributed by atoms with Gasteiger partial charge in [-0.3, -0.25) is 4.79 Å². The number of nitrogens with two attached hydrogens (primary N) is 1. The van der Waals surface area contributed by atoms with Crippen LogP contribution in [0.4, 0.5) is 11.4 Å². The Hall–Kier alpha value is -2.29. The topological polar surface area (TPSA) is 55.1 Å². The molecular formula is C17H20N2O. The van der Waals surface area contributed by atoms with E-state index >= 15 is 0 Å². The summed E-state index contributed by atoms with van der Waals surface area (Å²) >= 11 is 0. The third-order valence-electron chi connectivity index (χ3n) is 3.63. The molecule has 2 aromatic carbocycles. The summed E-state index contributed by atoms with van der Waals surface area (Å²) in [5.41, 5.74) is 11.3. The van der Waals surface area contributed by atoms with Gasteiger partial charge in [-0.1, -0.05) is 25.1 Å². The highest BCUT2D eigenvalue weighted by Gasteiger charge is 2.10. The molecule has 2 rings (SSSR count). The predicted molar refractivity (Wildman–Crippen MR) is 84.1 cm³/mol. The van der Waals surface area contributed by atoms with Crippen LogP contribution in [0.15, 0.2) is 36.4 Å². The number of rotatable bonds is 3. The van der Waals surface area contributed by atoms with E-state index in [1.807, 2.05) is 50.2 Å². The molecule has 0 aliphatic rings. The lowest BCUT2D eigenvalue weighted by Crippen LogP contribution is -2.14. The van der Waals surface area contributed by atoms with Crippen LogP contribution < -0.4 is 11.1 Å². The Morgan fingerprint density at radius 3 is 2.60 bits per heavy atom. The third kappa shape index (κ3) is 2.82. The fourth-order valence-electron chi connectivity index (χ4n) is 2.19. The highest BCUT2D eigenvalue weighted by atomic mass is 16.1. The van der Waals surface area contributed by atoms with Crippen molar-refractivity contribution in [3.63, 3.8) is 0 Å². The van der Waals surface area contributed by atoms with Gasteiger partial charge >= 0.3 is 0 Å². The molecule has 0 aliphatic heterocycles. The summed E-state index contributed by atoms with van der Waals surface area (Å²) in [4.78, 5) is 12.3. The van der Waals surface area contributed by atoms with Crippen molar-refractivity contribution in [1.29, 1.82) is 0 Å². The van der Waals surface area contributed by atoms with Crippen molar-refractivity contribution >= 4 is 17.3 Å². The quantitative estimate of drug-likeness (QED) is 0.834. The minimum absolute atomic E-state index is 0.102. The molecule has 3 N–H and O–H groups in total. The first-order valence-electron chi connectivity index (χ1n) is 6.79. The molecule has 0 heterocycles. The van der Waals surface area contributed by atoms with Crippen molar-refractivity contribution in [2.45, 2.75) is 27.2 Å². The Bertz CT molecular complexity index is 647. The van der Waals surface area contributed by atoms with Crippen LogP contribution in [0.25, 0.3) is 0 Å². The van der Waals surface area contributed by atoms with Gasteiger partial charge in [0.25, 0.3) is 5.91 Å². The minimum atomic E-state index is -0.102. The number of carbonyl (C=O) groups is 1. The zero-order valence-corrected chi connectivity index (χ0v) is 12.2. The van der Waals surface area contributed by atoms with Crippen LogP contribution in [0.1, 0.15) is 34.0 Å². The van der Waals surface area contributed by atoms with Crippen molar-refractivity contribution < 1.29 is 4.79 Å². The number of nitrogen functional groups attached to an aromatic ring is 1. The number of carbonyl (C=O) groups excluding carboxylic acids is 1. The summed E-state index contributed by atoms with van der Waals surface area (Å²) in [6.45, 7) is 6.01. The maximum atomic E-state index is 12.3. The second-order valence-corrected chi connectivity index (χ2v) is 4.97. The highest BCUT2D eigenvalue weighted by molar-refractivity contribution is 6.05. The number of benzene rings is 2. The van der Waals surface area contributed by atoms with Gasteiger partial charge in [0.05, 0.1) is 0 Å². The van der Waals surface area contributed by atoms with Gasteiger partial charge < -0.3 is 11.1 Å². The normalized spacial score (nSPS) is 10.3. The smallest absolute Gasteiger partial charge is 0.255 e. The largest absolute Gasteiger partial charge is 0.398 e. The van der Waals surface area contributed by atoms with Gasteiger partial charge in [-0.2, -0.15) is 0 Å². The van der Waals surface area contributed by atoms with E-state index < -0.39 is 0 Å². The van der Waals surface area contributed by atoms with Crippen LogP contribution in [0.2, 0.25) is 0 Å². The maximum Gasteiger partial charge on any atom is 0.255 e. The average Bonchev–Trinajstić information content (AvgIpc) is 2.42. The molecule has 0 unspecified atom stereocenters. The van der Waals surface area contributed by atoms with E-state index in [4.69, 9.17) is 5.73 Å². The van der Waals surface area contributed by atoms with Gasteiger partial charge in [0.15, 0.2) is 0 Å². The third-order valence-corrected chi connectivity index (χ3v) is 3.63. The summed E-state index contributed by atoms with van der Waals surface area (Å²) in [7, 11) is 0. The molecule has 1 amide bonds. The second kappa shape index (κ2) is 5.78. The van der Waals surface area contributed by atoms with Crippen molar-refractivity contribution in [2.75, 3.05) is 11.1 Å². The molecule has 0 saturated carbocycles. The highest BCUT2D eigenvalue weighted by Crippen LogP contribution is 2.20. The molecular weight excluding hydrogens is 248 g/mol. The van der Waals surface area contributed by atoms with E-state index in [2.05, 4.69) is 12.2 Å². The summed E-state index contributed by atoms with van der Waals surface area (Å²) in [5, 5.41) is 2.90. The molecule has 3 heteroatoms. The molecule has 3 nitrogen and oxygen atoms in total. The first-order valence-corrected chi connectivity index (χ1v) is 6.79. The average molecular weight is 268 g/mol. The summed E-state index contributed by atoms with van der Waals surface area (Å²) in [6.07, 6.45) is 0.886. The Labute approximate surface area is 119 Å². The van der Waals surface area contributed by atoms with Crippen LogP contribution in [-0.4, -0.2) is 5.91 Å². The Morgan fingerprint density at radius 1 is 1.20 bits per heavy atom. The maximum absolute atomic E-state index is 12.3. The molecule has 0 saturated heterocycles. The van der Waals surface area contributed by atoms with Crippen molar-refractivity contribution in [1.82, 2.24) is 0 Å². The van der Waals surface area contributed by atoms with Crippen LogP contribution in [0.3, 0.4) is 0 Å². The lowest BCUT2D eigenvalue weighted by molar-refractivity contribution is 0.102. The zero-order valence-electron chi connectivity index (χ0n) is 12.2. The minimum Gasteiger partial charge on any atom is -0.398 e. The molecule has 2 aromatic rings. The first-order chi connectivity index (χ1) is 9.52. The fourth-order valence-corrected chi connectivity index (χ4v) is 2.19. The molecule has 20 heavy (non-hydrogen) atoms. The SMILES string of the molecule is CCc1ccc(NC(=O)c2cccc(C)c2C)cc1N. The number of hydrogen-bond acceptors (Lipinski definition) is 2. The summed E-state index contributed by atoms with van der Waals surface area (Å²) in [5.74, 6) is -0.102. The van der Waals surface area contributed by atoms with Crippen molar-refractivity contribution in [3.8, 4) is 0 Å². The molecule has 0 radical (unpaired) electrons. The van der Waals surface area contributed by atoms with Gasteiger partial charge in [-0.05, 0) is 55.2 Å². The Balaban J connectivity index is 2.24. The van der Waals surface area contributed by atoms with Gasteiger partial charge in [0.2, 0.25) is 0 Å². The van der Waals surface area contributed by atoms with Crippen LogP contribution in [0, 0.1) is 13.8 Å². The molecule has 0 aliphatic carbocycles.